The molecular weight excluding hydrogens is 206 g/mol. The molecule has 16 heavy (non-hydrogen) atoms. The van der Waals surface area contributed by atoms with Crippen LogP contribution in [0.15, 0.2) is 0 Å². The van der Waals surface area contributed by atoms with Gasteiger partial charge in [-0.1, -0.05) is 6.92 Å². The molecule has 1 N–H and O–H groups in total. The van der Waals surface area contributed by atoms with Crippen LogP contribution in [0.5, 0.6) is 0 Å². The number of methoxy groups -OCH3 is 1. The average molecular weight is 229 g/mol. The van der Waals surface area contributed by atoms with Crippen LogP contribution in [-0.4, -0.2) is 37.4 Å². The fourth-order valence-corrected chi connectivity index (χ4v) is 2.15. The van der Waals surface area contributed by atoms with E-state index in [1.54, 1.807) is 0 Å². The predicted molar refractivity (Wildman–Crippen MR) is 62.3 cm³/mol. The number of ether oxygens (including phenoxy) is 2. The van der Waals surface area contributed by atoms with Gasteiger partial charge in [-0.15, -0.1) is 0 Å². The second-order valence-corrected chi connectivity index (χ2v) is 4.95. The first-order valence-corrected chi connectivity index (χ1v) is 5.96. The molecule has 0 aromatic carbocycles. The van der Waals surface area contributed by atoms with E-state index in [9.17, 15) is 4.79 Å². The Balaban J connectivity index is 2.48. The third kappa shape index (κ3) is 3.76. The number of rotatable bonds is 4. The van der Waals surface area contributed by atoms with E-state index in [-0.39, 0.29) is 17.6 Å². The molecule has 0 aromatic rings. The lowest BCUT2D eigenvalue weighted by molar-refractivity contribution is -0.144. The highest BCUT2D eigenvalue weighted by Crippen LogP contribution is 2.24. The molecule has 1 fully saturated rings. The third-order valence-corrected chi connectivity index (χ3v) is 3.03. The first kappa shape index (κ1) is 13.5. The van der Waals surface area contributed by atoms with Crippen molar-refractivity contribution >= 4 is 5.97 Å². The molecule has 1 aliphatic rings. The van der Waals surface area contributed by atoms with Gasteiger partial charge in [0.15, 0.2) is 0 Å². The number of nitrogens with one attached hydrogen (secondary N) is 1. The van der Waals surface area contributed by atoms with Crippen LogP contribution < -0.4 is 5.32 Å². The minimum atomic E-state index is -0.191. The van der Waals surface area contributed by atoms with Gasteiger partial charge in [0.05, 0.1) is 12.7 Å². The Hall–Kier alpha value is -0.610. The highest BCUT2D eigenvalue weighted by Gasteiger charge is 2.31. The molecule has 1 rings (SSSR count). The molecule has 4 nitrogen and oxygen atoms in total. The number of carbonyl (C=O) groups excluding carboxylic acids is 1. The monoisotopic (exact) mass is 229 g/mol. The van der Waals surface area contributed by atoms with Gasteiger partial charge < -0.3 is 14.8 Å². The van der Waals surface area contributed by atoms with Crippen molar-refractivity contribution in [1.29, 1.82) is 0 Å². The highest BCUT2D eigenvalue weighted by molar-refractivity contribution is 5.75. The van der Waals surface area contributed by atoms with Crippen molar-refractivity contribution in [3.05, 3.63) is 0 Å². The van der Waals surface area contributed by atoms with E-state index in [0.29, 0.717) is 6.04 Å². The molecule has 0 spiro atoms. The summed E-state index contributed by atoms with van der Waals surface area (Å²) in [5, 5.41) is 3.36. The quantitative estimate of drug-likeness (QED) is 0.742. The van der Waals surface area contributed by atoms with Gasteiger partial charge in [-0.05, 0) is 33.1 Å². The Morgan fingerprint density at radius 2 is 2.31 bits per heavy atom. The molecule has 1 saturated heterocycles. The van der Waals surface area contributed by atoms with Gasteiger partial charge in [0.2, 0.25) is 0 Å². The first-order chi connectivity index (χ1) is 7.48. The summed E-state index contributed by atoms with van der Waals surface area (Å²) < 4.78 is 10.4. The fourth-order valence-electron chi connectivity index (χ4n) is 2.15. The van der Waals surface area contributed by atoms with Crippen LogP contribution >= 0.6 is 0 Å². The van der Waals surface area contributed by atoms with Gasteiger partial charge in [-0.25, -0.2) is 0 Å². The van der Waals surface area contributed by atoms with Gasteiger partial charge in [0.25, 0.3) is 0 Å². The van der Waals surface area contributed by atoms with Crippen LogP contribution in [0.2, 0.25) is 0 Å². The molecule has 1 aliphatic heterocycles. The maximum absolute atomic E-state index is 11.5. The van der Waals surface area contributed by atoms with Gasteiger partial charge in [0, 0.05) is 12.6 Å². The summed E-state index contributed by atoms with van der Waals surface area (Å²) in [7, 11) is 1.43. The largest absolute Gasteiger partial charge is 0.468 e. The molecule has 94 valence electrons. The summed E-state index contributed by atoms with van der Waals surface area (Å²) in [6.07, 6.45) is 2.64. The maximum atomic E-state index is 11.5. The molecule has 0 amide bonds. The first-order valence-electron chi connectivity index (χ1n) is 5.96. The lowest BCUT2D eigenvalue weighted by atomic mass is 9.93. The third-order valence-electron chi connectivity index (χ3n) is 3.03. The van der Waals surface area contributed by atoms with Crippen LogP contribution in [0, 0.1) is 0 Å². The van der Waals surface area contributed by atoms with Crippen molar-refractivity contribution < 1.29 is 14.3 Å². The van der Waals surface area contributed by atoms with Gasteiger partial charge in [0.1, 0.15) is 6.04 Å². The maximum Gasteiger partial charge on any atom is 0.322 e. The van der Waals surface area contributed by atoms with E-state index in [1.165, 1.54) is 7.11 Å². The SMILES string of the molecule is CCC(NC1CCOC(C)(C)C1)C(=O)OC. The van der Waals surface area contributed by atoms with Gasteiger partial charge in [-0.2, -0.15) is 0 Å². The van der Waals surface area contributed by atoms with E-state index in [1.807, 2.05) is 6.92 Å². The van der Waals surface area contributed by atoms with E-state index in [0.717, 1.165) is 25.9 Å². The topological polar surface area (TPSA) is 47.6 Å². The summed E-state index contributed by atoms with van der Waals surface area (Å²) in [4.78, 5) is 11.5. The highest BCUT2D eigenvalue weighted by atomic mass is 16.5. The molecule has 2 unspecified atom stereocenters. The predicted octanol–water partition coefficient (Wildman–Crippen LogP) is 1.49. The van der Waals surface area contributed by atoms with Gasteiger partial charge >= 0.3 is 5.97 Å². The summed E-state index contributed by atoms with van der Waals surface area (Å²) in [6.45, 7) is 6.90. The normalized spacial score (nSPS) is 26.1. The van der Waals surface area contributed by atoms with Gasteiger partial charge in [-0.3, -0.25) is 4.79 Å². The molecule has 4 heteroatoms. The minimum Gasteiger partial charge on any atom is -0.468 e. The zero-order valence-corrected chi connectivity index (χ0v) is 10.7. The Morgan fingerprint density at radius 1 is 1.62 bits per heavy atom. The molecule has 0 aromatic heterocycles. The number of carbonyl (C=O) groups is 1. The van der Waals surface area contributed by atoms with E-state index >= 15 is 0 Å². The van der Waals surface area contributed by atoms with Crippen LogP contribution in [0.1, 0.15) is 40.0 Å². The fraction of sp³-hybridized carbons (Fsp3) is 0.917. The zero-order valence-electron chi connectivity index (χ0n) is 10.7. The Morgan fingerprint density at radius 3 is 2.81 bits per heavy atom. The summed E-state index contributed by atoms with van der Waals surface area (Å²) >= 11 is 0. The number of esters is 1. The minimum absolute atomic E-state index is 0.0929. The zero-order chi connectivity index (χ0) is 12.2. The molecule has 0 radical (unpaired) electrons. The van der Waals surface area contributed by atoms with E-state index in [4.69, 9.17) is 9.47 Å². The molecule has 0 bridgehead atoms. The Bertz CT molecular complexity index is 240. The molecule has 0 saturated carbocycles. The van der Waals surface area contributed by atoms with Crippen molar-refractivity contribution in [2.24, 2.45) is 0 Å². The second-order valence-electron chi connectivity index (χ2n) is 4.95. The Kier molecular flexibility index (Phi) is 4.74. The molecule has 1 heterocycles. The van der Waals surface area contributed by atoms with E-state index in [2.05, 4.69) is 19.2 Å². The van der Waals surface area contributed by atoms with Crippen LogP contribution in [0.3, 0.4) is 0 Å². The number of hydrogen-bond acceptors (Lipinski definition) is 4. The smallest absolute Gasteiger partial charge is 0.322 e. The Labute approximate surface area is 97.7 Å². The van der Waals surface area contributed by atoms with Crippen molar-refractivity contribution in [1.82, 2.24) is 5.32 Å². The lowest BCUT2D eigenvalue weighted by Crippen LogP contribution is -2.49. The van der Waals surface area contributed by atoms with Crippen molar-refractivity contribution in [3.8, 4) is 0 Å². The molecule has 0 aliphatic carbocycles. The van der Waals surface area contributed by atoms with Crippen molar-refractivity contribution in [2.75, 3.05) is 13.7 Å². The van der Waals surface area contributed by atoms with Crippen molar-refractivity contribution in [3.63, 3.8) is 0 Å². The van der Waals surface area contributed by atoms with Crippen LogP contribution in [0.4, 0.5) is 0 Å². The van der Waals surface area contributed by atoms with E-state index < -0.39 is 0 Å². The average Bonchev–Trinajstić information content (AvgIpc) is 2.23. The number of hydrogen-bond donors (Lipinski definition) is 1. The summed E-state index contributed by atoms with van der Waals surface area (Å²) in [5.41, 5.74) is -0.0929. The lowest BCUT2D eigenvalue weighted by Gasteiger charge is -2.37. The molecule has 2 atom stereocenters. The summed E-state index contributed by atoms with van der Waals surface area (Å²) in [5.74, 6) is -0.174. The molecular formula is C12H23NO3. The van der Waals surface area contributed by atoms with Crippen LogP contribution in [0.25, 0.3) is 0 Å². The van der Waals surface area contributed by atoms with Crippen molar-refractivity contribution in [2.45, 2.75) is 57.7 Å². The second kappa shape index (κ2) is 5.64. The van der Waals surface area contributed by atoms with Crippen LogP contribution in [-0.2, 0) is 14.3 Å². The standard InChI is InChI=1S/C12H23NO3/c1-5-10(11(14)15-4)13-9-6-7-16-12(2,3)8-9/h9-10,13H,5-8H2,1-4H3. The summed E-state index contributed by atoms with van der Waals surface area (Å²) in [6, 6.07) is 0.150.